The van der Waals surface area contributed by atoms with E-state index in [0.29, 0.717) is 32.4 Å². The predicted molar refractivity (Wildman–Crippen MR) is 134 cm³/mol. The average Bonchev–Trinajstić information content (AvgIpc) is 2.97. The van der Waals surface area contributed by atoms with Crippen LogP contribution < -0.4 is 5.32 Å². The maximum Gasteiger partial charge on any atom is 0.253 e. The van der Waals surface area contributed by atoms with Gasteiger partial charge in [-0.25, -0.2) is 0 Å². The van der Waals surface area contributed by atoms with Crippen molar-refractivity contribution >= 4 is 23.5 Å². The summed E-state index contributed by atoms with van der Waals surface area (Å²) in [5, 5.41) is 3.02. The van der Waals surface area contributed by atoms with E-state index in [1.807, 2.05) is 69.2 Å². The van der Waals surface area contributed by atoms with Gasteiger partial charge in [-0.15, -0.1) is 0 Å². The molecule has 0 aromatic rings. The molecule has 0 radical (unpaired) electrons. The summed E-state index contributed by atoms with van der Waals surface area (Å²) in [6.45, 7) is 20.6. The molecule has 0 saturated heterocycles. The normalized spacial score (nSPS) is 15.4. The van der Waals surface area contributed by atoms with Gasteiger partial charge in [0.05, 0.1) is 5.60 Å². The predicted octanol–water partition coefficient (Wildman–Crippen LogP) is 4.30. The van der Waals surface area contributed by atoms with Gasteiger partial charge >= 0.3 is 0 Å². The van der Waals surface area contributed by atoms with E-state index in [2.05, 4.69) is 5.32 Å². The Morgan fingerprint density at radius 2 is 1.44 bits per heavy atom. The molecule has 0 spiro atoms. The monoisotopic (exact) mass is 478 g/mol. The lowest BCUT2D eigenvalue weighted by Gasteiger charge is -2.36. The molecule has 0 bridgehead atoms. The fourth-order valence-corrected chi connectivity index (χ4v) is 4.62. The van der Waals surface area contributed by atoms with Gasteiger partial charge in [0, 0.05) is 48.6 Å². The number of ketones is 1. The molecule has 1 aliphatic rings. The quantitative estimate of drug-likeness (QED) is 0.376. The SMILES string of the molecule is CC(C)C(=O)C(C)(C)CCOC(C)(C)CCNC(=O)C(C)(C)CC(C)(C)CN1C(=O)C=CC1=O. The number of carbonyl (C=O) groups is 4. The van der Waals surface area contributed by atoms with Crippen molar-refractivity contribution in [2.45, 2.75) is 94.1 Å². The fourth-order valence-electron chi connectivity index (χ4n) is 4.62. The average molecular weight is 479 g/mol. The van der Waals surface area contributed by atoms with Gasteiger partial charge in [0.25, 0.3) is 11.8 Å². The summed E-state index contributed by atoms with van der Waals surface area (Å²) in [7, 11) is 0. The summed E-state index contributed by atoms with van der Waals surface area (Å²) in [6.07, 6.45) is 4.37. The van der Waals surface area contributed by atoms with E-state index in [4.69, 9.17) is 4.74 Å². The van der Waals surface area contributed by atoms with Gasteiger partial charge in [-0.05, 0) is 38.5 Å². The highest BCUT2D eigenvalue weighted by Crippen LogP contribution is 2.35. The van der Waals surface area contributed by atoms with Crippen molar-refractivity contribution in [1.82, 2.24) is 10.2 Å². The van der Waals surface area contributed by atoms with E-state index in [-0.39, 0.29) is 36.0 Å². The number of amides is 3. The first-order chi connectivity index (χ1) is 15.3. The first-order valence-corrected chi connectivity index (χ1v) is 12.3. The van der Waals surface area contributed by atoms with E-state index in [0.717, 1.165) is 0 Å². The minimum atomic E-state index is -0.672. The van der Waals surface area contributed by atoms with E-state index < -0.39 is 21.8 Å². The molecule has 3 amide bonds. The Bertz CT molecular complexity index is 788. The molecule has 1 N–H and O–H groups in total. The van der Waals surface area contributed by atoms with Crippen molar-refractivity contribution in [3.05, 3.63) is 12.2 Å². The van der Waals surface area contributed by atoms with E-state index in [1.165, 1.54) is 17.1 Å². The summed E-state index contributed by atoms with van der Waals surface area (Å²) in [5.41, 5.74) is -1.94. The number of nitrogens with one attached hydrogen (secondary N) is 1. The van der Waals surface area contributed by atoms with E-state index in [9.17, 15) is 19.2 Å². The molecule has 1 heterocycles. The molecule has 0 fully saturated rings. The lowest BCUT2D eigenvalue weighted by molar-refractivity contribution is -0.139. The van der Waals surface area contributed by atoms with Gasteiger partial charge < -0.3 is 10.1 Å². The van der Waals surface area contributed by atoms with Gasteiger partial charge in [-0.2, -0.15) is 0 Å². The summed E-state index contributed by atoms with van der Waals surface area (Å²) in [4.78, 5) is 50.3. The Morgan fingerprint density at radius 3 is 1.94 bits per heavy atom. The van der Waals surface area contributed by atoms with Gasteiger partial charge in [0.1, 0.15) is 5.78 Å². The number of nitrogens with zero attached hydrogens (tertiary/aromatic N) is 1. The number of carbonyl (C=O) groups excluding carboxylic acids is 4. The summed E-state index contributed by atoms with van der Waals surface area (Å²) in [5.74, 6) is -0.447. The van der Waals surface area contributed by atoms with Crippen molar-refractivity contribution in [1.29, 1.82) is 0 Å². The van der Waals surface area contributed by atoms with E-state index in [1.54, 1.807) is 0 Å². The van der Waals surface area contributed by atoms with Crippen LogP contribution in [0.1, 0.15) is 88.5 Å². The number of hydrogen-bond acceptors (Lipinski definition) is 5. The van der Waals surface area contributed by atoms with Gasteiger partial charge in [0.2, 0.25) is 5.91 Å². The Kier molecular flexibility index (Phi) is 9.84. The van der Waals surface area contributed by atoms with Crippen molar-refractivity contribution in [2.24, 2.45) is 22.2 Å². The second-order valence-electron chi connectivity index (χ2n) is 12.6. The van der Waals surface area contributed by atoms with Crippen LogP contribution in [0.5, 0.6) is 0 Å². The zero-order valence-corrected chi connectivity index (χ0v) is 23.0. The smallest absolute Gasteiger partial charge is 0.253 e. The Morgan fingerprint density at radius 1 is 0.912 bits per heavy atom. The third-order valence-corrected chi connectivity index (χ3v) is 6.45. The number of imide groups is 1. The molecule has 1 rings (SSSR count). The molecule has 0 unspecified atom stereocenters. The van der Waals surface area contributed by atoms with Crippen LogP contribution in [0.3, 0.4) is 0 Å². The van der Waals surface area contributed by atoms with Gasteiger partial charge in [0.15, 0.2) is 0 Å². The molecule has 7 heteroatoms. The maximum absolute atomic E-state index is 12.9. The van der Waals surface area contributed by atoms with Crippen molar-refractivity contribution in [3.63, 3.8) is 0 Å². The number of rotatable bonds is 14. The molecule has 0 saturated carbocycles. The van der Waals surface area contributed by atoms with Crippen LogP contribution in [0.25, 0.3) is 0 Å². The highest BCUT2D eigenvalue weighted by atomic mass is 16.5. The highest BCUT2D eigenvalue weighted by molar-refractivity contribution is 6.12. The fraction of sp³-hybridized carbons (Fsp3) is 0.778. The Labute approximate surface area is 206 Å². The lowest BCUT2D eigenvalue weighted by Crippen LogP contribution is -2.45. The van der Waals surface area contributed by atoms with Crippen LogP contribution in [0, 0.1) is 22.2 Å². The van der Waals surface area contributed by atoms with Crippen LogP contribution in [-0.4, -0.2) is 53.7 Å². The molecule has 34 heavy (non-hydrogen) atoms. The molecule has 0 aromatic heterocycles. The molecule has 1 aliphatic heterocycles. The molecule has 194 valence electrons. The zero-order valence-electron chi connectivity index (χ0n) is 23.0. The van der Waals surface area contributed by atoms with Crippen LogP contribution in [0.4, 0.5) is 0 Å². The first-order valence-electron chi connectivity index (χ1n) is 12.3. The summed E-state index contributed by atoms with van der Waals surface area (Å²) < 4.78 is 6.06. The Balaban J connectivity index is 2.52. The molecule has 0 aromatic carbocycles. The minimum Gasteiger partial charge on any atom is -0.375 e. The molecule has 0 aliphatic carbocycles. The van der Waals surface area contributed by atoms with Crippen LogP contribution in [0.2, 0.25) is 0 Å². The van der Waals surface area contributed by atoms with Crippen molar-refractivity contribution in [2.75, 3.05) is 19.7 Å². The first kappa shape index (κ1) is 30.0. The highest BCUT2D eigenvalue weighted by Gasteiger charge is 2.38. The van der Waals surface area contributed by atoms with Gasteiger partial charge in [-0.1, -0.05) is 55.4 Å². The minimum absolute atomic E-state index is 0.000417. The zero-order chi connectivity index (χ0) is 26.5. The molecular formula is C27H46N2O5. The number of Topliss-reactive ketones (excluding diaryl/α,β-unsaturated/α-hetero) is 1. The van der Waals surface area contributed by atoms with Gasteiger partial charge in [-0.3, -0.25) is 24.1 Å². The topological polar surface area (TPSA) is 92.8 Å². The van der Waals surface area contributed by atoms with Crippen LogP contribution in [-0.2, 0) is 23.9 Å². The second-order valence-corrected chi connectivity index (χ2v) is 12.6. The molecule has 7 nitrogen and oxygen atoms in total. The second kappa shape index (κ2) is 11.1. The third kappa shape index (κ3) is 8.97. The standard InChI is InChI=1S/C27H46N2O5/c1-19(2)22(32)25(5,6)14-16-34-27(9,10)13-15-28-23(33)26(7,8)17-24(3,4)18-29-20(30)11-12-21(29)31/h11-12,19H,13-18H2,1-10H3,(H,28,33). The molecular weight excluding hydrogens is 432 g/mol. The lowest BCUT2D eigenvalue weighted by atomic mass is 9.74. The largest absolute Gasteiger partial charge is 0.375 e. The van der Waals surface area contributed by atoms with Crippen LogP contribution >= 0.6 is 0 Å². The maximum atomic E-state index is 12.9. The number of hydrogen-bond donors (Lipinski definition) is 1. The van der Waals surface area contributed by atoms with Crippen molar-refractivity contribution < 1.29 is 23.9 Å². The Hall–Kier alpha value is -2.02. The molecule has 0 atom stereocenters. The third-order valence-electron chi connectivity index (χ3n) is 6.45. The van der Waals surface area contributed by atoms with Crippen molar-refractivity contribution in [3.8, 4) is 0 Å². The summed E-state index contributed by atoms with van der Waals surface area (Å²) >= 11 is 0. The number of ether oxygens (including phenoxy) is 1. The van der Waals surface area contributed by atoms with E-state index >= 15 is 0 Å². The summed E-state index contributed by atoms with van der Waals surface area (Å²) in [6, 6.07) is 0. The van der Waals surface area contributed by atoms with Crippen LogP contribution in [0.15, 0.2) is 12.2 Å².